The van der Waals surface area contributed by atoms with E-state index in [4.69, 9.17) is 5.73 Å². The van der Waals surface area contributed by atoms with Gasteiger partial charge in [0.1, 0.15) is 0 Å². The normalized spacial score (nSPS) is 22.6. The van der Waals surface area contributed by atoms with Crippen molar-refractivity contribution in [2.45, 2.75) is 44.6 Å². The monoisotopic (exact) mass is 289 g/mol. The summed E-state index contributed by atoms with van der Waals surface area (Å²) in [5.41, 5.74) is 5.57. The molecule has 2 aliphatic rings. The van der Waals surface area contributed by atoms with Crippen molar-refractivity contribution >= 4 is 24.2 Å². The van der Waals surface area contributed by atoms with Crippen LogP contribution in [0.15, 0.2) is 0 Å². The summed E-state index contributed by atoms with van der Waals surface area (Å²) in [6, 6.07) is 0. The van der Waals surface area contributed by atoms with Gasteiger partial charge in [-0.1, -0.05) is 12.8 Å². The predicted molar refractivity (Wildman–Crippen MR) is 76.1 cm³/mol. The van der Waals surface area contributed by atoms with Crippen molar-refractivity contribution in [3.63, 3.8) is 0 Å². The third-order valence-corrected chi connectivity index (χ3v) is 4.15. The largest absolute Gasteiger partial charge is 0.341 e. The number of halogens is 1. The van der Waals surface area contributed by atoms with Gasteiger partial charge in [0, 0.05) is 33.1 Å². The van der Waals surface area contributed by atoms with Crippen molar-refractivity contribution < 1.29 is 9.59 Å². The molecule has 0 aromatic rings. The van der Waals surface area contributed by atoms with E-state index in [1.165, 1.54) is 0 Å². The first-order chi connectivity index (χ1) is 8.53. The summed E-state index contributed by atoms with van der Waals surface area (Å²) >= 11 is 0. The molecule has 1 aliphatic heterocycles. The van der Waals surface area contributed by atoms with E-state index in [9.17, 15) is 9.59 Å². The summed E-state index contributed by atoms with van der Waals surface area (Å²) in [6.45, 7) is 4.31. The van der Waals surface area contributed by atoms with Crippen LogP contribution in [0.4, 0.5) is 0 Å². The first kappa shape index (κ1) is 16.2. The van der Waals surface area contributed by atoms with Gasteiger partial charge in [0.25, 0.3) is 0 Å². The van der Waals surface area contributed by atoms with Crippen LogP contribution in [0.5, 0.6) is 0 Å². The van der Waals surface area contributed by atoms with E-state index in [0.717, 1.165) is 45.2 Å². The van der Waals surface area contributed by atoms with Gasteiger partial charge >= 0.3 is 0 Å². The van der Waals surface area contributed by atoms with Crippen LogP contribution in [0.3, 0.4) is 0 Å². The number of rotatable bonds is 1. The molecule has 2 amide bonds. The van der Waals surface area contributed by atoms with E-state index in [0.29, 0.717) is 13.1 Å². The second kappa shape index (κ2) is 6.57. The Kier molecular flexibility index (Phi) is 5.62. The van der Waals surface area contributed by atoms with Crippen molar-refractivity contribution in [2.75, 3.05) is 26.2 Å². The lowest BCUT2D eigenvalue weighted by molar-refractivity contribution is -0.137. The third-order valence-electron chi connectivity index (χ3n) is 4.15. The Hall–Kier alpha value is -0.810. The van der Waals surface area contributed by atoms with Crippen LogP contribution in [0, 0.1) is 0 Å². The molecule has 0 atom stereocenters. The van der Waals surface area contributed by atoms with Gasteiger partial charge in [-0.3, -0.25) is 9.59 Å². The molecule has 0 spiro atoms. The van der Waals surface area contributed by atoms with Gasteiger partial charge in [0.2, 0.25) is 11.8 Å². The van der Waals surface area contributed by atoms with Crippen LogP contribution in [-0.2, 0) is 9.59 Å². The molecule has 1 saturated heterocycles. The van der Waals surface area contributed by atoms with E-state index < -0.39 is 5.54 Å². The summed E-state index contributed by atoms with van der Waals surface area (Å²) in [4.78, 5) is 27.5. The molecule has 19 heavy (non-hydrogen) atoms. The van der Waals surface area contributed by atoms with Gasteiger partial charge in [-0.25, -0.2) is 0 Å². The highest BCUT2D eigenvalue weighted by Gasteiger charge is 2.40. The maximum Gasteiger partial charge on any atom is 0.242 e. The number of amides is 2. The zero-order chi connectivity index (χ0) is 13.2. The van der Waals surface area contributed by atoms with E-state index in [1.54, 1.807) is 6.92 Å². The minimum atomic E-state index is -0.634. The van der Waals surface area contributed by atoms with Crippen molar-refractivity contribution in [1.82, 2.24) is 9.80 Å². The Morgan fingerprint density at radius 2 is 1.47 bits per heavy atom. The van der Waals surface area contributed by atoms with Gasteiger partial charge < -0.3 is 15.5 Å². The third kappa shape index (κ3) is 3.60. The van der Waals surface area contributed by atoms with Crippen molar-refractivity contribution in [3.05, 3.63) is 0 Å². The lowest BCUT2D eigenvalue weighted by Crippen LogP contribution is -2.54. The lowest BCUT2D eigenvalue weighted by atomic mass is 9.97. The Balaban J connectivity index is 0.00000180. The van der Waals surface area contributed by atoms with E-state index in [2.05, 4.69) is 0 Å². The second-order valence-electron chi connectivity index (χ2n) is 5.52. The number of hydrogen-bond acceptors (Lipinski definition) is 3. The Morgan fingerprint density at radius 1 is 0.947 bits per heavy atom. The van der Waals surface area contributed by atoms with Crippen molar-refractivity contribution in [2.24, 2.45) is 5.73 Å². The van der Waals surface area contributed by atoms with Gasteiger partial charge in [-0.15, -0.1) is 12.4 Å². The first-order valence-electron chi connectivity index (χ1n) is 6.87. The van der Waals surface area contributed by atoms with Crippen LogP contribution in [0.1, 0.15) is 39.0 Å². The summed E-state index contributed by atoms with van der Waals surface area (Å²) in [6.07, 6.45) is 4.56. The molecule has 2 fully saturated rings. The molecule has 0 aromatic heterocycles. The van der Waals surface area contributed by atoms with E-state index in [1.807, 2.05) is 9.80 Å². The average Bonchev–Trinajstić information content (AvgIpc) is 2.65. The minimum Gasteiger partial charge on any atom is -0.341 e. The molecule has 1 saturated carbocycles. The minimum absolute atomic E-state index is 0. The molecule has 1 aliphatic carbocycles. The summed E-state index contributed by atoms with van der Waals surface area (Å²) in [5.74, 6) is 0.179. The number of carbonyl (C=O) groups excluding carboxylic acids is 2. The highest BCUT2D eigenvalue weighted by Crippen LogP contribution is 2.29. The maximum atomic E-state index is 12.4. The van der Waals surface area contributed by atoms with Gasteiger partial charge in [0.15, 0.2) is 0 Å². The Bertz CT molecular complexity index is 343. The Labute approximate surface area is 120 Å². The Morgan fingerprint density at radius 3 is 2.05 bits per heavy atom. The number of nitrogens with two attached hydrogens (primary N) is 1. The van der Waals surface area contributed by atoms with Crippen LogP contribution >= 0.6 is 12.4 Å². The number of nitrogens with zero attached hydrogens (tertiary/aromatic N) is 2. The highest BCUT2D eigenvalue weighted by atomic mass is 35.5. The van der Waals surface area contributed by atoms with E-state index in [-0.39, 0.29) is 24.2 Å². The molecular formula is C13H24ClN3O2. The lowest BCUT2D eigenvalue weighted by Gasteiger charge is -2.30. The number of hydrogen-bond donors (Lipinski definition) is 1. The average molecular weight is 290 g/mol. The molecule has 2 rings (SSSR count). The first-order valence-corrected chi connectivity index (χ1v) is 6.87. The molecule has 0 bridgehead atoms. The fourth-order valence-electron chi connectivity index (χ4n) is 2.97. The standard InChI is InChI=1S/C13H23N3O2.ClH/c1-11(17)15-7-4-8-16(10-9-15)12(18)13(14)5-2-3-6-13;/h2-10,14H2,1H3;1H. The van der Waals surface area contributed by atoms with Gasteiger partial charge in [0.05, 0.1) is 5.54 Å². The maximum absolute atomic E-state index is 12.4. The predicted octanol–water partition coefficient (Wildman–Crippen LogP) is 0.760. The molecule has 0 radical (unpaired) electrons. The molecule has 6 heteroatoms. The SMILES string of the molecule is CC(=O)N1CCCN(C(=O)C2(N)CCCC2)CC1.Cl. The van der Waals surface area contributed by atoms with Crippen LogP contribution < -0.4 is 5.73 Å². The summed E-state index contributed by atoms with van der Waals surface area (Å²) < 4.78 is 0. The zero-order valence-electron chi connectivity index (χ0n) is 11.6. The molecule has 110 valence electrons. The number of carbonyl (C=O) groups is 2. The molecule has 5 nitrogen and oxygen atoms in total. The topological polar surface area (TPSA) is 66.6 Å². The molecular weight excluding hydrogens is 266 g/mol. The van der Waals surface area contributed by atoms with Crippen LogP contribution in [0.25, 0.3) is 0 Å². The quantitative estimate of drug-likeness (QED) is 0.775. The highest BCUT2D eigenvalue weighted by molar-refractivity contribution is 5.86. The summed E-state index contributed by atoms with van der Waals surface area (Å²) in [5, 5.41) is 0. The fraction of sp³-hybridized carbons (Fsp3) is 0.846. The molecule has 2 N–H and O–H groups in total. The zero-order valence-corrected chi connectivity index (χ0v) is 12.4. The second-order valence-corrected chi connectivity index (χ2v) is 5.52. The van der Waals surface area contributed by atoms with Gasteiger partial charge in [-0.05, 0) is 19.3 Å². The van der Waals surface area contributed by atoms with Crippen LogP contribution in [0.2, 0.25) is 0 Å². The van der Waals surface area contributed by atoms with E-state index >= 15 is 0 Å². The van der Waals surface area contributed by atoms with Crippen molar-refractivity contribution in [3.8, 4) is 0 Å². The molecule has 1 heterocycles. The molecule has 0 aromatic carbocycles. The smallest absolute Gasteiger partial charge is 0.242 e. The fourth-order valence-corrected chi connectivity index (χ4v) is 2.97. The summed E-state index contributed by atoms with van der Waals surface area (Å²) in [7, 11) is 0. The van der Waals surface area contributed by atoms with Crippen LogP contribution in [-0.4, -0.2) is 53.3 Å². The van der Waals surface area contributed by atoms with Crippen molar-refractivity contribution in [1.29, 1.82) is 0 Å². The van der Waals surface area contributed by atoms with Gasteiger partial charge in [-0.2, -0.15) is 0 Å². The molecule has 0 unspecified atom stereocenters.